The maximum Gasteiger partial charge on any atom is 0.0230 e. The number of alkyl halides is 1. The van der Waals surface area contributed by atoms with Crippen molar-refractivity contribution in [1.82, 2.24) is 4.90 Å². The number of hydrogen-bond acceptors (Lipinski definition) is 1. The smallest absolute Gasteiger partial charge is 0.0230 e. The van der Waals surface area contributed by atoms with Crippen LogP contribution in [0, 0.1) is 13.8 Å². The molecule has 0 aliphatic carbocycles. The standard InChI is InChI=1S/C14H22BrN/c1-11-5-6-14(9-12(11)2)10-16(4)8-7-13(3)15/h5-6,9,13H,7-8,10H2,1-4H3. The van der Waals surface area contributed by atoms with Gasteiger partial charge in [-0.15, -0.1) is 0 Å². The van der Waals surface area contributed by atoms with Crippen molar-refractivity contribution in [2.24, 2.45) is 0 Å². The Morgan fingerprint density at radius 2 is 1.94 bits per heavy atom. The summed E-state index contributed by atoms with van der Waals surface area (Å²) in [7, 11) is 2.19. The predicted molar refractivity (Wildman–Crippen MR) is 75.3 cm³/mol. The maximum absolute atomic E-state index is 3.58. The van der Waals surface area contributed by atoms with E-state index in [4.69, 9.17) is 0 Å². The molecule has 0 aliphatic heterocycles. The second-order valence-corrected chi connectivity index (χ2v) is 6.29. The van der Waals surface area contributed by atoms with Gasteiger partial charge in [0.15, 0.2) is 0 Å². The number of rotatable bonds is 5. The van der Waals surface area contributed by atoms with Crippen LogP contribution in [0.5, 0.6) is 0 Å². The molecule has 90 valence electrons. The van der Waals surface area contributed by atoms with Gasteiger partial charge in [-0.1, -0.05) is 41.1 Å². The Balaban J connectivity index is 2.49. The zero-order chi connectivity index (χ0) is 12.1. The lowest BCUT2D eigenvalue weighted by Crippen LogP contribution is -2.20. The Morgan fingerprint density at radius 1 is 1.25 bits per heavy atom. The van der Waals surface area contributed by atoms with Gasteiger partial charge in [0.2, 0.25) is 0 Å². The van der Waals surface area contributed by atoms with Crippen LogP contribution < -0.4 is 0 Å². The number of hydrogen-bond donors (Lipinski definition) is 0. The number of nitrogens with zero attached hydrogens (tertiary/aromatic N) is 1. The molecule has 1 unspecified atom stereocenters. The minimum Gasteiger partial charge on any atom is -0.302 e. The Labute approximate surface area is 108 Å². The summed E-state index contributed by atoms with van der Waals surface area (Å²) in [6, 6.07) is 6.74. The van der Waals surface area contributed by atoms with Crippen molar-refractivity contribution in [1.29, 1.82) is 0 Å². The van der Waals surface area contributed by atoms with Crippen LogP contribution in [0.3, 0.4) is 0 Å². The molecule has 0 saturated heterocycles. The van der Waals surface area contributed by atoms with Crippen molar-refractivity contribution in [2.45, 2.75) is 38.6 Å². The van der Waals surface area contributed by atoms with Crippen molar-refractivity contribution in [3.05, 3.63) is 34.9 Å². The molecule has 16 heavy (non-hydrogen) atoms. The summed E-state index contributed by atoms with van der Waals surface area (Å²) in [5.74, 6) is 0. The van der Waals surface area contributed by atoms with Gasteiger partial charge in [0.05, 0.1) is 0 Å². The molecule has 2 heteroatoms. The second-order valence-electron chi connectivity index (χ2n) is 4.73. The molecule has 0 bridgehead atoms. The summed E-state index contributed by atoms with van der Waals surface area (Å²) in [4.78, 5) is 2.98. The Hall–Kier alpha value is -0.340. The van der Waals surface area contributed by atoms with Gasteiger partial charge < -0.3 is 4.90 Å². The third-order valence-corrected chi connectivity index (χ3v) is 3.39. The van der Waals surface area contributed by atoms with E-state index in [0.29, 0.717) is 4.83 Å². The van der Waals surface area contributed by atoms with Crippen LogP contribution in [-0.2, 0) is 6.54 Å². The van der Waals surface area contributed by atoms with E-state index in [1.807, 2.05) is 0 Å². The lowest BCUT2D eigenvalue weighted by Gasteiger charge is -2.18. The molecule has 0 aromatic heterocycles. The molecule has 1 nitrogen and oxygen atoms in total. The molecule has 1 rings (SSSR count). The Bertz CT molecular complexity index is 334. The van der Waals surface area contributed by atoms with E-state index in [0.717, 1.165) is 13.1 Å². The highest BCUT2D eigenvalue weighted by atomic mass is 79.9. The first-order chi connectivity index (χ1) is 7.49. The normalized spacial score (nSPS) is 13.1. The first-order valence-corrected chi connectivity index (χ1v) is 6.79. The van der Waals surface area contributed by atoms with E-state index in [-0.39, 0.29) is 0 Å². The minimum absolute atomic E-state index is 0.606. The maximum atomic E-state index is 3.58. The molecule has 0 heterocycles. The highest BCUT2D eigenvalue weighted by Crippen LogP contribution is 2.12. The fourth-order valence-electron chi connectivity index (χ4n) is 1.69. The zero-order valence-corrected chi connectivity index (χ0v) is 12.3. The molecule has 0 aliphatic rings. The topological polar surface area (TPSA) is 3.24 Å². The van der Waals surface area contributed by atoms with Crippen LogP contribution in [0.2, 0.25) is 0 Å². The SMILES string of the molecule is Cc1ccc(CN(C)CCC(C)Br)cc1C. The zero-order valence-electron chi connectivity index (χ0n) is 10.8. The summed E-state index contributed by atoms with van der Waals surface area (Å²) >= 11 is 3.58. The Morgan fingerprint density at radius 3 is 2.50 bits per heavy atom. The van der Waals surface area contributed by atoms with E-state index in [1.165, 1.54) is 23.1 Å². The first kappa shape index (κ1) is 13.7. The van der Waals surface area contributed by atoms with Crippen molar-refractivity contribution in [3.8, 4) is 0 Å². The van der Waals surface area contributed by atoms with E-state index >= 15 is 0 Å². The molecular weight excluding hydrogens is 262 g/mol. The molecule has 0 amide bonds. The fourth-order valence-corrected chi connectivity index (χ4v) is 1.90. The van der Waals surface area contributed by atoms with Crippen LogP contribution >= 0.6 is 15.9 Å². The molecule has 1 aromatic rings. The predicted octanol–water partition coefficient (Wildman–Crippen LogP) is 3.91. The average Bonchev–Trinajstić information content (AvgIpc) is 2.21. The van der Waals surface area contributed by atoms with Crippen LogP contribution in [0.15, 0.2) is 18.2 Å². The molecule has 1 aromatic carbocycles. The summed E-state index contributed by atoms with van der Waals surface area (Å²) in [6.07, 6.45) is 1.20. The van der Waals surface area contributed by atoms with Crippen LogP contribution in [0.25, 0.3) is 0 Å². The van der Waals surface area contributed by atoms with Gasteiger partial charge in [0.1, 0.15) is 0 Å². The number of halogens is 1. The molecule has 0 saturated carbocycles. The van der Waals surface area contributed by atoms with Crippen molar-refractivity contribution < 1.29 is 0 Å². The molecule has 0 N–H and O–H groups in total. The molecule has 0 fully saturated rings. The summed E-state index contributed by atoms with van der Waals surface area (Å²) in [5, 5.41) is 0. The highest BCUT2D eigenvalue weighted by molar-refractivity contribution is 9.09. The highest BCUT2D eigenvalue weighted by Gasteiger charge is 2.03. The van der Waals surface area contributed by atoms with Crippen molar-refractivity contribution in [2.75, 3.05) is 13.6 Å². The molecule has 0 radical (unpaired) electrons. The monoisotopic (exact) mass is 283 g/mol. The van der Waals surface area contributed by atoms with Crippen LogP contribution in [0.4, 0.5) is 0 Å². The first-order valence-electron chi connectivity index (χ1n) is 5.88. The lowest BCUT2D eigenvalue weighted by atomic mass is 10.1. The third-order valence-electron chi connectivity index (χ3n) is 2.93. The van der Waals surface area contributed by atoms with Gasteiger partial charge in [0.25, 0.3) is 0 Å². The molecular formula is C14H22BrN. The lowest BCUT2D eigenvalue weighted by molar-refractivity contribution is 0.323. The van der Waals surface area contributed by atoms with E-state index in [2.05, 4.69) is 66.8 Å². The summed E-state index contributed by atoms with van der Waals surface area (Å²) in [6.45, 7) is 8.72. The summed E-state index contributed by atoms with van der Waals surface area (Å²) < 4.78 is 0. The quantitative estimate of drug-likeness (QED) is 0.741. The molecule has 1 atom stereocenters. The van der Waals surface area contributed by atoms with Gasteiger partial charge >= 0.3 is 0 Å². The summed E-state index contributed by atoms with van der Waals surface area (Å²) in [5.41, 5.74) is 4.17. The number of aryl methyl sites for hydroxylation is 2. The number of benzene rings is 1. The van der Waals surface area contributed by atoms with E-state index in [9.17, 15) is 0 Å². The molecule has 0 spiro atoms. The van der Waals surface area contributed by atoms with Gasteiger partial charge in [0, 0.05) is 11.4 Å². The van der Waals surface area contributed by atoms with Crippen molar-refractivity contribution >= 4 is 15.9 Å². The van der Waals surface area contributed by atoms with Gasteiger partial charge in [-0.3, -0.25) is 0 Å². The average molecular weight is 284 g/mol. The van der Waals surface area contributed by atoms with E-state index < -0.39 is 0 Å². The Kier molecular flexibility index (Phi) is 5.50. The van der Waals surface area contributed by atoms with Gasteiger partial charge in [-0.05, 0) is 50.6 Å². The van der Waals surface area contributed by atoms with Crippen LogP contribution in [-0.4, -0.2) is 23.3 Å². The second kappa shape index (κ2) is 6.41. The van der Waals surface area contributed by atoms with Gasteiger partial charge in [-0.25, -0.2) is 0 Å². The fraction of sp³-hybridized carbons (Fsp3) is 0.571. The van der Waals surface area contributed by atoms with Crippen molar-refractivity contribution in [3.63, 3.8) is 0 Å². The van der Waals surface area contributed by atoms with Gasteiger partial charge in [-0.2, -0.15) is 0 Å². The van der Waals surface area contributed by atoms with Crippen LogP contribution in [0.1, 0.15) is 30.0 Å². The van der Waals surface area contributed by atoms with E-state index in [1.54, 1.807) is 0 Å². The largest absolute Gasteiger partial charge is 0.302 e. The third kappa shape index (κ3) is 4.67. The minimum atomic E-state index is 0.606.